The molecule has 4 aromatic rings. The van der Waals surface area contributed by atoms with Gasteiger partial charge in [-0.25, -0.2) is 9.78 Å². The van der Waals surface area contributed by atoms with Crippen molar-refractivity contribution in [1.82, 2.24) is 19.7 Å². The molecule has 0 amide bonds. The Bertz CT molecular complexity index is 1290. The minimum Gasteiger partial charge on any atom is -0.442 e. The van der Waals surface area contributed by atoms with Gasteiger partial charge in [0, 0.05) is 17.1 Å². The van der Waals surface area contributed by atoms with E-state index in [2.05, 4.69) is 20.4 Å². The Balaban J connectivity index is 1.84. The first-order valence-electron chi connectivity index (χ1n) is 9.30. The van der Waals surface area contributed by atoms with E-state index in [1.807, 2.05) is 12.1 Å². The maximum atomic E-state index is 12.8. The first-order valence-corrected chi connectivity index (χ1v) is 10.5. The zero-order valence-electron chi connectivity index (χ0n) is 16.9. The van der Waals surface area contributed by atoms with Crippen molar-refractivity contribution in [2.45, 2.75) is 26.4 Å². The lowest BCUT2D eigenvalue weighted by molar-refractivity contribution is 0.0523. The summed E-state index contributed by atoms with van der Waals surface area (Å²) >= 11 is 7.49. The number of pyridine rings is 1. The molecule has 0 aliphatic rings. The van der Waals surface area contributed by atoms with Crippen LogP contribution < -0.4 is 5.32 Å². The number of rotatable bonds is 4. The summed E-state index contributed by atoms with van der Waals surface area (Å²) in [4.78, 5) is 32.7. The fourth-order valence-electron chi connectivity index (χ4n) is 2.90. The second-order valence-electron chi connectivity index (χ2n) is 7.62. The maximum Gasteiger partial charge on any atom is 0.435 e. The van der Waals surface area contributed by atoms with Crippen LogP contribution in [0.4, 0.5) is 15.7 Å². The van der Waals surface area contributed by atoms with Gasteiger partial charge in [-0.1, -0.05) is 29.0 Å². The zero-order chi connectivity index (χ0) is 22.2. The summed E-state index contributed by atoms with van der Waals surface area (Å²) in [6.45, 7) is 5.36. The second kappa shape index (κ2) is 8.09. The SMILES string of the molecule is CC(C)(C)OC(=O)n1nc(Nc2ncc(C=O)s2)c2cc(-c3ncccc3Cl)ccc21. The molecular formula is C21H18ClN5O3S. The Morgan fingerprint density at radius 1 is 1.26 bits per heavy atom. The van der Waals surface area contributed by atoms with Gasteiger partial charge in [-0.2, -0.15) is 4.68 Å². The molecule has 1 N–H and O–H groups in total. The molecule has 0 saturated heterocycles. The molecule has 0 aliphatic carbocycles. The Morgan fingerprint density at radius 2 is 2.06 bits per heavy atom. The second-order valence-corrected chi connectivity index (χ2v) is 9.09. The lowest BCUT2D eigenvalue weighted by Crippen LogP contribution is -2.27. The van der Waals surface area contributed by atoms with Gasteiger partial charge in [-0.05, 0) is 45.0 Å². The third-order valence-electron chi connectivity index (χ3n) is 4.14. The van der Waals surface area contributed by atoms with Crippen LogP contribution in [0.15, 0.2) is 42.7 Å². The number of benzene rings is 1. The monoisotopic (exact) mass is 455 g/mol. The van der Waals surface area contributed by atoms with E-state index in [1.54, 1.807) is 45.2 Å². The van der Waals surface area contributed by atoms with Crippen molar-refractivity contribution in [2.75, 3.05) is 5.32 Å². The standard InChI is InChI=1S/C21H18ClN5O3S/c1-21(2,3)30-20(29)27-16-7-6-12(17-15(22)5-4-8-23-17)9-14(16)18(26-27)25-19-24-10-13(11-28)31-19/h4-11H,1-3H3,(H,24,25,26). The van der Waals surface area contributed by atoms with E-state index >= 15 is 0 Å². The smallest absolute Gasteiger partial charge is 0.435 e. The first-order chi connectivity index (χ1) is 14.7. The third kappa shape index (κ3) is 4.42. The van der Waals surface area contributed by atoms with E-state index in [9.17, 15) is 9.59 Å². The molecule has 3 heterocycles. The topological polar surface area (TPSA) is 99.0 Å². The molecule has 3 aromatic heterocycles. The summed E-state index contributed by atoms with van der Waals surface area (Å²) in [6, 6.07) is 8.93. The molecular weight excluding hydrogens is 438 g/mol. The molecule has 8 nitrogen and oxygen atoms in total. The van der Waals surface area contributed by atoms with Crippen LogP contribution in [-0.2, 0) is 4.74 Å². The highest BCUT2D eigenvalue weighted by atomic mass is 35.5. The van der Waals surface area contributed by atoms with Crippen molar-refractivity contribution < 1.29 is 14.3 Å². The number of nitrogens with one attached hydrogen (secondary N) is 1. The quantitative estimate of drug-likeness (QED) is 0.403. The van der Waals surface area contributed by atoms with Crippen LogP contribution >= 0.6 is 22.9 Å². The number of aromatic nitrogens is 4. The van der Waals surface area contributed by atoms with Gasteiger partial charge in [-0.3, -0.25) is 9.78 Å². The number of ether oxygens (including phenoxy) is 1. The summed E-state index contributed by atoms with van der Waals surface area (Å²) in [5.74, 6) is 0.390. The highest BCUT2D eigenvalue weighted by Crippen LogP contribution is 2.33. The normalized spacial score (nSPS) is 11.5. The van der Waals surface area contributed by atoms with Crippen LogP contribution in [0.2, 0.25) is 5.02 Å². The molecule has 0 saturated carbocycles. The van der Waals surface area contributed by atoms with Crippen LogP contribution in [-0.4, -0.2) is 37.7 Å². The first kappa shape index (κ1) is 21.0. The van der Waals surface area contributed by atoms with Crippen molar-refractivity contribution in [3.8, 4) is 11.3 Å². The average molecular weight is 456 g/mol. The van der Waals surface area contributed by atoms with Crippen molar-refractivity contribution in [3.63, 3.8) is 0 Å². The highest BCUT2D eigenvalue weighted by Gasteiger charge is 2.23. The molecule has 0 atom stereocenters. The van der Waals surface area contributed by atoms with Crippen molar-refractivity contribution in [1.29, 1.82) is 0 Å². The number of aldehydes is 1. The van der Waals surface area contributed by atoms with E-state index in [0.717, 1.165) is 11.8 Å². The van der Waals surface area contributed by atoms with Gasteiger partial charge >= 0.3 is 6.09 Å². The Kier molecular flexibility index (Phi) is 5.47. The van der Waals surface area contributed by atoms with Crippen LogP contribution in [0.5, 0.6) is 0 Å². The number of thiazole rings is 1. The van der Waals surface area contributed by atoms with Gasteiger partial charge in [0.25, 0.3) is 0 Å². The van der Waals surface area contributed by atoms with Crippen molar-refractivity contribution >= 4 is 57.2 Å². The van der Waals surface area contributed by atoms with E-state index in [4.69, 9.17) is 16.3 Å². The summed E-state index contributed by atoms with van der Waals surface area (Å²) in [6.07, 6.45) is 3.24. The zero-order valence-corrected chi connectivity index (χ0v) is 18.5. The number of carbonyl (C=O) groups excluding carboxylic acids is 2. The molecule has 0 fully saturated rings. The maximum absolute atomic E-state index is 12.8. The minimum atomic E-state index is -0.682. The van der Waals surface area contributed by atoms with Gasteiger partial charge < -0.3 is 10.1 Å². The summed E-state index contributed by atoms with van der Waals surface area (Å²) in [5.41, 5.74) is 1.23. The van der Waals surface area contributed by atoms with Crippen LogP contribution in [0.3, 0.4) is 0 Å². The van der Waals surface area contributed by atoms with E-state index in [1.165, 1.54) is 22.2 Å². The minimum absolute atomic E-state index is 0.390. The molecule has 4 rings (SSSR count). The van der Waals surface area contributed by atoms with Gasteiger partial charge in [0.2, 0.25) is 0 Å². The predicted octanol–water partition coefficient (Wildman–Crippen LogP) is 5.55. The average Bonchev–Trinajstić information content (AvgIpc) is 3.32. The van der Waals surface area contributed by atoms with Crippen LogP contribution in [0, 0.1) is 0 Å². The lowest BCUT2D eigenvalue weighted by Gasteiger charge is -2.19. The fourth-order valence-corrected chi connectivity index (χ4v) is 3.76. The van der Waals surface area contributed by atoms with Crippen molar-refractivity contribution in [2.24, 2.45) is 0 Å². The number of anilines is 2. The summed E-state index contributed by atoms with van der Waals surface area (Å²) < 4.78 is 6.69. The molecule has 0 radical (unpaired) electrons. The van der Waals surface area contributed by atoms with Crippen molar-refractivity contribution in [3.05, 3.63) is 52.6 Å². The predicted molar refractivity (Wildman–Crippen MR) is 120 cm³/mol. The Hall–Kier alpha value is -3.30. The molecule has 10 heteroatoms. The van der Waals surface area contributed by atoms with Gasteiger partial charge in [0.1, 0.15) is 5.60 Å². The fraction of sp³-hybridized carbons (Fsp3) is 0.190. The molecule has 31 heavy (non-hydrogen) atoms. The lowest BCUT2D eigenvalue weighted by atomic mass is 10.1. The number of carbonyl (C=O) groups is 2. The van der Waals surface area contributed by atoms with E-state index in [0.29, 0.717) is 37.4 Å². The number of fused-ring (bicyclic) bond motifs is 1. The summed E-state index contributed by atoms with van der Waals surface area (Å²) in [5, 5.41) is 9.13. The van der Waals surface area contributed by atoms with E-state index in [-0.39, 0.29) is 0 Å². The Morgan fingerprint density at radius 3 is 2.74 bits per heavy atom. The molecule has 0 spiro atoms. The number of hydrogen-bond acceptors (Lipinski definition) is 8. The molecule has 0 bridgehead atoms. The van der Waals surface area contributed by atoms with Crippen LogP contribution in [0.25, 0.3) is 22.2 Å². The molecule has 0 aliphatic heterocycles. The highest BCUT2D eigenvalue weighted by molar-refractivity contribution is 7.17. The number of halogens is 1. The largest absolute Gasteiger partial charge is 0.442 e. The Labute approximate surface area is 186 Å². The van der Waals surface area contributed by atoms with Gasteiger partial charge in [-0.15, -0.1) is 5.10 Å². The number of hydrogen-bond donors (Lipinski definition) is 1. The molecule has 158 valence electrons. The third-order valence-corrected chi connectivity index (χ3v) is 5.29. The number of nitrogens with zero attached hydrogens (tertiary/aromatic N) is 4. The van der Waals surface area contributed by atoms with Gasteiger partial charge in [0.05, 0.1) is 27.3 Å². The van der Waals surface area contributed by atoms with Gasteiger partial charge in [0.15, 0.2) is 17.2 Å². The molecule has 0 unspecified atom stereocenters. The molecule has 1 aromatic carbocycles. The summed E-state index contributed by atoms with van der Waals surface area (Å²) in [7, 11) is 0. The van der Waals surface area contributed by atoms with E-state index < -0.39 is 11.7 Å². The van der Waals surface area contributed by atoms with Crippen LogP contribution in [0.1, 0.15) is 30.4 Å².